The van der Waals surface area contributed by atoms with Gasteiger partial charge in [0, 0.05) is 12.6 Å². The quantitative estimate of drug-likeness (QED) is 0.669. The molecule has 0 saturated heterocycles. The first-order valence-electron chi connectivity index (χ1n) is 4.86. The molecule has 1 saturated carbocycles. The van der Waals surface area contributed by atoms with Crippen LogP contribution >= 0.6 is 0 Å². The van der Waals surface area contributed by atoms with Gasteiger partial charge in [-0.15, -0.1) is 0 Å². The summed E-state index contributed by atoms with van der Waals surface area (Å²) in [4.78, 5) is 0. The maximum absolute atomic E-state index is 11.8. The molecule has 0 spiro atoms. The second-order valence-electron chi connectivity index (χ2n) is 3.60. The van der Waals surface area contributed by atoms with Crippen molar-refractivity contribution >= 4 is 0 Å². The van der Waals surface area contributed by atoms with Crippen LogP contribution in [0.5, 0.6) is 0 Å². The van der Waals surface area contributed by atoms with E-state index in [4.69, 9.17) is 5.73 Å². The lowest BCUT2D eigenvalue weighted by atomic mass is 9.86. The van der Waals surface area contributed by atoms with Gasteiger partial charge in [0.15, 0.2) is 0 Å². The molecule has 2 nitrogen and oxygen atoms in total. The fraction of sp³-hybridized carbons (Fsp3) is 1.00. The molecule has 3 heteroatoms. The lowest BCUT2D eigenvalue weighted by molar-refractivity contribution is 0.290. The zero-order valence-electron chi connectivity index (χ0n) is 7.56. The molecule has 1 rings (SSSR count). The molecule has 1 aliphatic rings. The van der Waals surface area contributed by atoms with Crippen LogP contribution < -0.4 is 11.1 Å². The Morgan fingerprint density at radius 2 is 1.92 bits per heavy atom. The van der Waals surface area contributed by atoms with E-state index in [-0.39, 0.29) is 6.67 Å². The fourth-order valence-electron chi connectivity index (χ4n) is 1.86. The molecule has 0 amide bonds. The third-order valence-electron chi connectivity index (χ3n) is 2.71. The summed E-state index contributed by atoms with van der Waals surface area (Å²) in [6.45, 7) is 1.07. The second-order valence-corrected chi connectivity index (χ2v) is 3.60. The van der Waals surface area contributed by atoms with Gasteiger partial charge in [-0.3, -0.25) is 0 Å². The summed E-state index contributed by atoms with van der Waals surface area (Å²) in [6, 6.07) is 0.545. The molecule has 0 aromatic rings. The van der Waals surface area contributed by atoms with Gasteiger partial charge < -0.3 is 11.1 Å². The van der Waals surface area contributed by atoms with Crippen molar-refractivity contribution in [1.29, 1.82) is 0 Å². The summed E-state index contributed by atoms with van der Waals surface area (Å²) in [6.07, 6.45) is 4.75. The van der Waals surface area contributed by atoms with Crippen LogP contribution in [-0.4, -0.2) is 25.8 Å². The van der Waals surface area contributed by atoms with E-state index >= 15 is 0 Å². The van der Waals surface area contributed by atoms with Crippen molar-refractivity contribution in [3.05, 3.63) is 0 Å². The SMILES string of the molecule is NCC1CCC(NCCF)CC1. The molecule has 1 fully saturated rings. The third kappa shape index (κ3) is 3.07. The van der Waals surface area contributed by atoms with Gasteiger partial charge in [0.05, 0.1) is 0 Å². The summed E-state index contributed by atoms with van der Waals surface area (Å²) < 4.78 is 11.8. The average molecular weight is 174 g/mol. The molecular formula is C9H19FN2. The van der Waals surface area contributed by atoms with Gasteiger partial charge in [-0.25, -0.2) is 4.39 Å². The Labute approximate surface area is 73.7 Å². The van der Waals surface area contributed by atoms with E-state index in [0.717, 1.165) is 6.54 Å². The topological polar surface area (TPSA) is 38.0 Å². The summed E-state index contributed by atoms with van der Waals surface area (Å²) >= 11 is 0. The Morgan fingerprint density at radius 3 is 2.42 bits per heavy atom. The van der Waals surface area contributed by atoms with Gasteiger partial charge in [-0.1, -0.05) is 0 Å². The fourth-order valence-corrected chi connectivity index (χ4v) is 1.86. The highest BCUT2D eigenvalue weighted by Gasteiger charge is 2.18. The monoisotopic (exact) mass is 174 g/mol. The van der Waals surface area contributed by atoms with E-state index in [9.17, 15) is 4.39 Å². The molecule has 0 aromatic carbocycles. The van der Waals surface area contributed by atoms with Crippen LogP contribution in [0.25, 0.3) is 0 Å². The number of hydrogen-bond acceptors (Lipinski definition) is 2. The predicted molar refractivity (Wildman–Crippen MR) is 48.8 cm³/mol. The maximum atomic E-state index is 11.8. The Kier molecular flexibility index (Phi) is 4.54. The average Bonchev–Trinajstić information content (AvgIpc) is 2.15. The van der Waals surface area contributed by atoms with Crippen molar-refractivity contribution in [1.82, 2.24) is 5.32 Å². The second kappa shape index (κ2) is 5.49. The molecule has 72 valence electrons. The molecule has 0 aliphatic heterocycles. The van der Waals surface area contributed by atoms with E-state index < -0.39 is 0 Å². The van der Waals surface area contributed by atoms with Crippen LogP contribution in [0.2, 0.25) is 0 Å². The first-order chi connectivity index (χ1) is 5.86. The van der Waals surface area contributed by atoms with Crippen molar-refractivity contribution in [3.8, 4) is 0 Å². The number of alkyl halides is 1. The normalized spacial score (nSPS) is 30.5. The molecule has 12 heavy (non-hydrogen) atoms. The van der Waals surface area contributed by atoms with E-state index in [0.29, 0.717) is 18.5 Å². The Balaban J connectivity index is 2.09. The highest BCUT2D eigenvalue weighted by molar-refractivity contribution is 4.77. The molecule has 0 bridgehead atoms. The minimum Gasteiger partial charge on any atom is -0.330 e. The first kappa shape index (κ1) is 9.93. The van der Waals surface area contributed by atoms with Gasteiger partial charge in [0.25, 0.3) is 0 Å². The van der Waals surface area contributed by atoms with Crippen LogP contribution in [0, 0.1) is 5.92 Å². The van der Waals surface area contributed by atoms with E-state index in [1.54, 1.807) is 0 Å². The zero-order valence-corrected chi connectivity index (χ0v) is 7.56. The summed E-state index contributed by atoms with van der Waals surface area (Å²) in [5, 5.41) is 3.20. The van der Waals surface area contributed by atoms with Crippen molar-refractivity contribution in [3.63, 3.8) is 0 Å². The molecule has 0 atom stereocenters. The lowest BCUT2D eigenvalue weighted by Gasteiger charge is -2.28. The van der Waals surface area contributed by atoms with Crippen molar-refractivity contribution in [2.45, 2.75) is 31.7 Å². The Bertz CT molecular complexity index is 111. The maximum Gasteiger partial charge on any atom is 0.102 e. The minimum absolute atomic E-state index is 0.253. The van der Waals surface area contributed by atoms with Crippen LogP contribution in [0.15, 0.2) is 0 Å². The van der Waals surface area contributed by atoms with Crippen molar-refractivity contribution in [2.75, 3.05) is 19.8 Å². The molecular weight excluding hydrogens is 155 g/mol. The van der Waals surface area contributed by atoms with E-state index in [1.165, 1.54) is 25.7 Å². The number of hydrogen-bond donors (Lipinski definition) is 2. The minimum atomic E-state index is -0.253. The molecule has 0 heterocycles. The predicted octanol–water partition coefficient (Wildman–Crippen LogP) is 1.06. The van der Waals surface area contributed by atoms with E-state index in [1.807, 2.05) is 0 Å². The Hall–Kier alpha value is -0.150. The van der Waals surface area contributed by atoms with Gasteiger partial charge in [-0.2, -0.15) is 0 Å². The van der Waals surface area contributed by atoms with Crippen LogP contribution in [0.3, 0.4) is 0 Å². The summed E-state index contributed by atoms with van der Waals surface area (Å²) in [5.41, 5.74) is 5.57. The van der Waals surface area contributed by atoms with E-state index in [2.05, 4.69) is 5.32 Å². The number of rotatable bonds is 4. The number of nitrogens with two attached hydrogens (primary N) is 1. The summed E-state index contributed by atoms with van der Waals surface area (Å²) in [5.74, 6) is 0.716. The van der Waals surface area contributed by atoms with Crippen molar-refractivity contribution < 1.29 is 4.39 Å². The lowest BCUT2D eigenvalue weighted by Crippen LogP contribution is -2.35. The third-order valence-corrected chi connectivity index (χ3v) is 2.71. The van der Waals surface area contributed by atoms with Gasteiger partial charge in [-0.05, 0) is 38.1 Å². The van der Waals surface area contributed by atoms with Crippen molar-refractivity contribution in [2.24, 2.45) is 11.7 Å². The molecule has 0 radical (unpaired) electrons. The van der Waals surface area contributed by atoms with Gasteiger partial charge in [0.1, 0.15) is 6.67 Å². The molecule has 0 aromatic heterocycles. The first-order valence-corrected chi connectivity index (χ1v) is 4.86. The molecule has 3 N–H and O–H groups in total. The van der Waals surface area contributed by atoms with Gasteiger partial charge in [0.2, 0.25) is 0 Å². The highest BCUT2D eigenvalue weighted by atomic mass is 19.1. The molecule has 0 unspecified atom stereocenters. The van der Waals surface area contributed by atoms with Gasteiger partial charge >= 0.3 is 0 Å². The Morgan fingerprint density at radius 1 is 1.25 bits per heavy atom. The zero-order chi connectivity index (χ0) is 8.81. The smallest absolute Gasteiger partial charge is 0.102 e. The number of nitrogens with one attached hydrogen (secondary N) is 1. The molecule has 1 aliphatic carbocycles. The largest absolute Gasteiger partial charge is 0.330 e. The van der Waals surface area contributed by atoms with Crippen LogP contribution in [0.1, 0.15) is 25.7 Å². The van der Waals surface area contributed by atoms with Crippen LogP contribution in [-0.2, 0) is 0 Å². The van der Waals surface area contributed by atoms with Crippen LogP contribution in [0.4, 0.5) is 4.39 Å². The summed E-state index contributed by atoms with van der Waals surface area (Å²) in [7, 11) is 0. The standard InChI is InChI=1S/C9H19FN2/c10-5-6-12-9-3-1-8(7-11)2-4-9/h8-9,12H,1-7,11H2. The number of halogens is 1. The highest BCUT2D eigenvalue weighted by Crippen LogP contribution is 2.22.